The van der Waals surface area contributed by atoms with Gasteiger partial charge < -0.3 is 10.2 Å². The summed E-state index contributed by atoms with van der Waals surface area (Å²) in [6.07, 6.45) is 1.12. The fourth-order valence-electron chi connectivity index (χ4n) is 0.143. The van der Waals surface area contributed by atoms with Crippen LogP contribution in [-0.2, 0) is 9.59 Å². The summed E-state index contributed by atoms with van der Waals surface area (Å²) in [7, 11) is 0. The monoisotopic (exact) mass is 324 g/mol. The third-order valence-electron chi connectivity index (χ3n) is 0.368. The van der Waals surface area contributed by atoms with E-state index in [0.29, 0.717) is 12.2 Å². The molecule has 0 aromatic carbocycles. The van der Waals surface area contributed by atoms with Crippen molar-refractivity contribution in [2.24, 2.45) is 0 Å². The standard InChI is InChI=1S/C4H4O4.Pb/c5-3(6)1-2-4(7)8;/h1-2H,(H,5,6)(H,7,8);/b2-1+;. The Kier molecular flexibility index (Phi) is 7.27. The molecule has 0 aliphatic carbocycles. The van der Waals surface area contributed by atoms with Crippen molar-refractivity contribution in [2.75, 3.05) is 0 Å². The molecule has 4 nitrogen and oxygen atoms in total. The molecule has 0 unspecified atom stereocenters. The van der Waals surface area contributed by atoms with E-state index in [4.69, 9.17) is 10.2 Å². The number of hydrogen-bond donors (Lipinski definition) is 2. The van der Waals surface area contributed by atoms with E-state index < -0.39 is 11.9 Å². The largest absolute Gasteiger partial charge is 0.478 e. The van der Waals surface area contributed by atoms with Gasteiger partial charge in [-0.15, -0.1) is 0 Å². The predicted molar refractivity (Wildman–Crippen MR) is 30.2 cm³/mol. The van der Waals surface area contributed by atoms with Gasteiger partial charge in [-0.05, 0) is 0 Å². The van der Waals surface area contributed by atoms with Crippen LogP contribution in [0.4, 0.5) is 0 Å². The molecular weight excluding hydrogens is 319 g/mol. The predicted octanol–water partition coefficient (Wildman–Crippen LogP) is -0.669. The van der Waals surface area contributed by atoms with E-state index in [-0.39, 0.29) is 27.3 Å². The summed E-state index contributed by atoms with van der Waals surface area (Å²) >= 11 is 0. The van der Waals surface area contributed by atoms with E-state index in [1.54, 1.807) is 0 Å². The molecule has 2 N–H and O–H groups in total. The van der Waals surface area contributed by atoms with Gasteiger partial charge in [0.15, 0.2) is 0 Å². The molecule has 5 heteroatoms. The van der Waals surface area contributed by atoms with Gasteiger partial charge >= 0.3 is 11.9 Å². The minimum atomic E-state index is -1.26. The first-order valence-electron chi connectivity index (χ1n) is 1.77. The van der Waals surface area contributed by atoms with Gasteiger partial charge in [0.25, 0.3) is 0 Å². The van der Waals surface area contributed by atoms with Crippen LogP contribution in [0.3, 0.4) is 0 Å². The Labute approximate surface area is 71.3 Å². The molecule has 0 saturated carbocycles. The Hall–Kier alpha value is -0.398. The molecule has 0 fully saturated rings. The summed E-state index contributed by atoms with van der Waals surface area (Å²) < 4.78 is 0. The fraction of sp³-hybridized carbons (Fsp3) is 0. The molecule has 0 aromatic rings. The Morgan fingerprint density at radius 3 is 1.33 bits per heavy atom. The maximum atomic E-state index is 9.55. The maximum absolute atomic E-state index is 9.55. The van der Waals surface area contributed by atoms with Crippen LogP contribution in [0.15, 0.2) is 12.2 Å². The van der Waals surface area contributed by atoms with E-state index in [1.807, 2.05) is 0 Å². The van der Waals surface area contributed by atoms with Gasteiger partial charge in [-0.3, -0.25) is 0 Å². The van der Waals surface area contributed by atoms with Crippen LogP contribution in [0.2, 0.25) is 0 Å². The van der Waals surface area contributed by atoms with Crippen LogP contribution in [0.25, 0.3) is 0 Å². The molecule has 0 heterocycles. The second-order valence-electron chi connectivity index (χ2n) is 1.01. The summed E-state index contributed by atoms with van der Waals surface area (Å²) in [5, 5.41) is 15.6. The van der Waals surface area contributed by atoms with Crippen LogP contribution < -0.4 is 0 Å². The van der Waals surface area contributed by atoms with Crippen molar-refractivity contribution < 1.29 is 19.8 Å². The summed E-state index contributed by atoms with van der Waals surface area (Å²) in [5.41, 5.74) is 0. The molecule has 0 spiro atoms. The molecule has 48 valence electrons. The van der Waals surface area contributed by atoms with Crippen LogP contribution >= 0.6 is 0 Å². The first kappa shape index (κ1) is 11.4. The number of aliphatic carboxylic acids is 2. The van der Waals surface area contributed by atoms with Gasteiger partial charge in [-0.25, -0.2) is 9.59 Å². The van der Waals surface area contributed by atoms with E-state index in [9.17, 15) is 9.59 Å². The van der Waals surface area contributed by atoms with Crippen molar-refractivity contribution in [3.63, 3.8) is 0 Å². The van der Waals surface area contributed by atoms with Crippen molar-refractivity contribution in [1.82, 2.24) is 0 Å². The summed E-state index contributed by atoms with van der Waals surface area (Å²) in [5.74, 6) is -2.51. The molecule has 0 bridgehead atoms. The van der Waals surface area contributed by atoms with Crippen LogP contribution in [0, 0.1) is 0 Å². The topological polar surface area (TPSA) is 74.6 Å². The summed E-state index contributed by atoms with van der Waals surface area (Å²) in [6.45, 7) is 0. The minimum Gasteiger partial charge on any atom is -0.478 e. The Morgan fingerprint density at radius 2 is 1.22 bits per heavy atom. The Balaban J connectivity index is 0. The van der Waals surface area contributed by atoms with E-state index in [0.717, 1.165) is 0 Å². The van der Waals surface area contributed by atoms with Crippen molar-refractivity contribution in [3.8, 4) is 0 Å². The Bertz CT molecular complexity index is 124. The number of hydrogen-bond acceptors (Lipinski definition) is 2. The number of carbonyl (C=O) groups is 2. The fourth-order valence-corrected chi connectivity index (χ4v) is 0.143. The normalized spacial score (nSPS) is 8.44. The zero-order valence-electron chi connectivity index (χ0n) is 4.37. The molecule has 0 aromatic heterocycles. The molecule has 0 rings (SSSR count). The van der Waals surface area contributed by atoms with E-state index in [1.165, 1.54) is 0 Å². The van der Waals surface area contributed by atoms with Gasteiger partial charge in [-0.1, -0.05) is 0 Å². The van der Waals surface area contributed by atoms with Gasteiger partial charge in [0.2, 0.25) is 0 Å². The first-order chi connectivity index (χ1) is 3.63. The van der Waals surface area contributed by atoms with Crippen molar-refractivity contribution in [1.29, 1.82) is 0 Å². The molecule has 0 saturated heterocycles. The van der Waals surface area contributed by atoms with Gasteiger partial charge in [0.1, 0.15) is 0 Å². The third-order valence-corrected chi connectivity index (χ3v) is 0.368. The molecule has 4 radical (unpaired) electrons. The second kappa shape index (κ2) is 5.73. The molecule has 0 aliphatic heterocycles. The summed E-state index contributed by atoms with van der Waals surface area (Å²) in [6, 6.07) is 0. The van der Waals surface area contributed by atoms with Gasteiger partial charge in [-0.2, -0.15) is 0 Å². The molecule has 9 heavy (non-hydrogen) atoms. The maximum Gasteiger partial charge on any atom is 0.328 e. The zero-order chi connectivity index (χ0) is 6.57. The smallest absolute Gasteiger partial charge is 0.328 e. The third kappa shape index (κ3) is 11.3. The molecule has 0 amide bonds. The Morgan fingerprint density at radius 1 is 1.00 bits per heavy atom. The minimum absolute atomic E-state index is 0. The van der Waals surface area contributed by atoms with Gasteiger partial charge in [0, 0.05) is 39.5 Å². The average molecular weight is 323 g/mol. The number of carboxylic acids is 2. The van der Waals surface area contributed by atoms with Crippen LogP contribution in [0.1, 0.15) is 0 Å². The number of carboxylic acid groups (broad SMARTS) is 2. The molecular formula is C4H4O4Pb. The van der Waals surface area contributed by atoms with Crippen molar-refractivity contribution in [3.05, 3.63) is 12.2 Å². The summed E-state index contributed by atoms with van der Waals surface area (Å²) in [4.78, 5) is 19.1. The molecule has 0 atom stereocenters. The van der Waals surface area contributed by atoms with E-state index in [2.05, 4.69) is 0 Å². The second-order valence-corrected chi connectivity index (χ2v) is 1.01. The quantitative estimate of drug-likeness (QED) is 0.522. The van der Waals surface area contributed by atoms with Gasteiger partial charge in [0.05, 0.1) is 0 Å². The first-order valence-corrected chi connectivity index (χ1v) is 1.77. The SMILES string of the molecule is O=C(O)/C=C/C(=O)O.[Pb]. The van der Waals surface area contributed by atoms with Crippen LogP contribution in [0.5, 0.6) is 0 Å². The average Bonchev–Trinajstić information content (AvgIpc) is 1.61. The van der Waals surface area contributed by atoms with Crippen molar-refractivity contribution in [2.45, 2.75) is 0 Å². The number of rotatable bonds is 2. The zero-order valence-corrected chi connectivity index (χ0v) is 8.25. The van der Waals surface area contributed by atoms with E-state index >= 15 is 0 Å². The van der Waals surface area contributed by atoms with Crippen LogP contribution in [-0.4, -0.2) is 49.5 Å². The molecule has 0 aliphatic rings. The van der Waals surface area contributed by atoms with Crippen molar-refractivity contribution >= 4 is 39.2 Å².